The van der Waals surface area contributed by atoms with Crippen LogP contribution in [0.25, 0.3) is 0 Å². The number of hydrogen-bond donors (Lipinski definition) is 1. The second-order valence-corrected chi connectivity index (χ2v) is 6.16. The molecule has 0 amide bonds. The normalized spacial score (nSPS) is 16.4. The third-order valence-corrected chi connectivity index (χ3v) is 4.22. The summed E-state index contributed by atoms with van der Waals surface area (Å²) in [5.41, 5.74) is 10.4. The maximum absolute atomic E-state index is 5.68. The van der Waals surface area contributed by atoms with Gasteiger partial charge < -0.3 is 10.6 Å². The molecule has 106 valence electrons. The lowest BCUT2D eigenvalue weighted by Crippen LogP contribution is -2.30. The number of likely N-dealkylation sites (N-methyl/N-ethyl adjacent to an activating group) is 1. The lowest BCUT2D eigenvalue weighted by molar-refractivity contribution is 0.292. The molecule has 1 aromatic carbocycles. The minimum atomic E-state index is 0.591. The van der Waals surface area contributed by atoms with Gasteiger partial charge in [0.15, 0.2) is 0 Å². The molecule has 1 aliphatic carbocycles. The van der Waals surface area contributed by atoms with Crippen molar-refractivity contribution in [1.82, 2.24) is 4.90 Å². The van der Waals surface area contributed by atoms with Crippen LogP contribution in [0.1, 0.15) is 36.5 Å². The van der Waals surface area contributed by atoms with E-state index in [2.05, 4.69) is 37.1 Å². The first-order chi connectivity index (χ1) is 9.19. The molecule has 0 spiro atoms. The molecule has 0 fully saturated rings. The number of nitrogens with zero attached hydrogens (tertiary/aromatic N) is 1. The molecule has 2 nitrogen and oxygen atoms in total. The first kappa shape index (κ1) is 14.5. The quantitative estimate of drug-likeness (QED) is 0.852. The minimum absolute atomic E-state index is 0.591. The van der Waals surface area contributed by atoms with Gasteiger partial charge in [-0.05, 0) is 68.3 Å². The van der Waals surface area contributed by atoms with Crippen molar-refractivity contribution in [2.75, 3.05) is 26.7 Å². The van der Waals surface area contributed by atoms with Crippen molar-refractivity contribution < 1.29 is 0 Å². The largest absolute Gasteiger partial charge is 0.330 e. The average Bonchev–Trinajstić information content (AvgIpc) is 2.44. The standard InChI is InChI=1S/C17H28N2/c1-14(12-18)13-19(2)10-9-15-7-8-16-5-3-4-6-17(16)11-15/h7-8,11,14H,3-6,9-10,12-13,18H2,1-2H3. The van der Waals surface area contributed by atoms with Crippen LogP contribution >= 0.6 is 0 Å². The molecule has 0 radical (unpaired) electrons. The van der Waals surface area contributed by atoms with Crippen LogP contribution in [0, 0.1) is 5.92 Å². The van der Waals surface area contributed by atoms with Crippen molar-refractivity contribution in [1.29, 1.82) is 0 Å². The Labute approximate surface area is 118 Å². The van der Waals surface area contributed by atoms with Crippen LogP contribution in [0.15, 0.2) is 18.2 Å². The number of benzene rings is 1. The molecule has 0 saturated carbocycles. The van der Waals surface area contributed by atoms with E-state index in [1.807, 2.05) is 0 Å². The Bertz CT molecular complexity index is 400. The fourth-order valence-corrected chi connectivity index (χ4v) is 2.96. The van der Waals surface area contributed by atoms with E-state index in [1.165, 1.54) is 31.2 Å². The number of fused-ring (bicyclic) bond motifs is 1. The van der Waals surface area contributed by atoms with Crippen molar-refractivity contribution in [2.45, 2.75) is 39.0 Å². The van der Waals surface area contributed by atoms with Gasteiger partial charge in [0.05, 0.1) is 0 Å². The fraction of sp³-hybridized carbons (Fsp3) is 0.647. The van der Waals surface area contributed by atoms with Crippen LogP contribution in [0.5, 0.6) is 0 Å². The molecule has 0 heterocycles. The zero-order chi connectivity index (χ0) is 13.7. The van der Waals surface area contributed by atoms with Gasteiger partial charge in [-0.3, -0.25) is 0 Å². The van der Waals surface area contributed by atoms with Crippen molar-refractivity contribution in [3.8, 4) is 0 Å². The SMILES string of the molecule is CC(CN)CN(C)CCc1ccc2c(c1)CCCC2. The zero-order valence-corrected chi connectivity index (χ0v) is 12.5. The second-order valence-electron chi connectivity index (χ2n) is 6.16. The molecule has 0 aromatic heterocycles. The van der Waals surface area contributed by atoms with E-state index < -0.39 is 0 Å². The van der Waals surface area contributed by atoms with Crippen LogP contribution in [-0.2, 0) is 19.3 Å². The Morgan fingerprint density at radius 3 is 2.68 bits per heavy atom. The summed E-state index contributed by atoms with van der Waals surface area (Å²) in [6, 6.07) is 7.12. The predicted octanol–water partition coefficient (Wildman–Crippen LogP) is 2.63. The maximum atomic E-state index is 5.68. The van der Waals surface area contributed by atoms with Crippen LogP contribution < -0.4 is 5.73 Å². The Balaban J connectivity index is 1.86. The van der Waals surface area contributed by atoms with E-state index in [9.17, 15) is 0 Å². The summed E-state index contributed by atoms with van der Waals surface area (Å²) in [6.07, 6.45) is 6.45. The summed E-state index contributed by atoms with van der Waals surface area (Å²) in [5, 5.41) is 0. The smallest absolute Gasteiger partial charge is 0.00189 e. The molecular weight excluding hydrogens is 232 g/mol. The second kappa shape index (κ2) is 7.06. The highest BCUT2D eigenvalue weighted by Crippen LogP contribution is 2.22. The zero-order valence-electron chi connectivity index (χ0n) is 12.5. The Morgan fingerprint density at radius 2 is 1.95 bits per heavy atom. The molecule has 1 atom stereocenters. The van der Waals surface area contributed by atoms with Crippen molar-refractivity contribution in [3.05, 3.63) is 34.9 Å². The predicted molar refractivity (Wildman–Crippen MR) is 82.5 cm³/mol. The monoisotopic (exact) mass is 260 g/mol. The Hall–Kier alpha value is -0.860. The minimum Gasteiger partial charge on any atom is -0.330 e. The summed E-state index contributed by atoms with van der Waals surface area (Å²) in [4.78, 5) is 2.40. The van der Waals surface area contributed by atoms with Crippen LogP contribution in [0.2, 0.25) is 0 Å². The highest BCUT2D eigenvalue weighted by atomic mass is 15.1. The number of nitrogens with two attached hydrogens (primary N) is 1. The molecule has 1 unspecified atom stereocenters. The van der Waals surface area contributed by atoms with E-state index in [0.29, 0.717) is 5.92 Å². The first-order valence-electron chi connectivity index (χ1n) is 7.68. The lowest BCUT2D eigenvalue weighted by Gasteiger charge is -2.21. The third kappa shape index (κ3) is 4.32. The summed E-state index contributed by atoms with van der Waals surface area (Å²) < 4.78 is 0. The van der Waals surface area contributed by atoms with E-state index in [1.54, 1.807) is 11.1 Å². The van der Waals surface area contributed by atoms with Crippen molar-refractivity contribution >= 4 is 0 Å². The molecule has 2 N–H and O–H groups in total. The number of hydrogen-bond acceptors (Lipinski definition) is 2. The van der Waals surface area contributed by atoms with Gasteiger partial charge in [0, 0.05) is 13.1 Å². The van der Waals surface area contributed by atoms with E-state index in [-0.39, 0.29) is 0 Å². The van der Waals surface area contributed by atoms with E-state index in [4.69, 9.17) is 5.73 Å². The highest BCUT2D eigenvalue weighted by molar-refractivity contribution is 5.33. The molecule has 0 aliphatic heterocycles. The maximum Gasteiger partial charge on any atom is 0.00189 e. The number of aryl methyl sites for hydroxylation is 2. The Morgan fingerprint density at radius 1 is 1.21 bits per heavy atom. The molecule has 2 rings (SSSR count). The van der Waals surface area contributed by atoms with Gasteiger partial charge in [-0.15, -0.1) is 0 Å². The molecule has 2 heteroatoms. The van der Waals surface area contributed by atoms with Crippen LogP contribution in [-0.4, -0.2) is 31.6 Å². The molecule has 1 aromatic rings. The van der Waals surface area contributed by atoms with Crippen LogP contribution in [0.3, 0.4) is 0 Å². The molecular formula is C17H28N2. The van der Waals surface area contributed by atoms with Gasteiger partial charge in [-0.25, -0.2) is 0 Å². The molecule has 0 bridgehead atoms. The van der Waals surface area contributed by atoms with Gasteiger partial charge in [0.25, 0.3) is 0 Å². The fourth-order valence-electron chi connectivity index (χ4n) is 2.96. The molecule has 1 aliphatic rings. The van der Waals surface area contributed by atoms with E-state index >= 15 is 0 Å². The molecule has 19 heavy (non-hydrogen) atoms. The summed E-state index contributed by atoms with van der Waals surface area (Å²) >= 11 is 0. The van der Waals surface area contributed by atoms with Gasteiger partial charge >= 0.3 is 0 Å². The lowest BCUT2D eigenvalue weighted by atomic mass is 9.90. The Kier molecular flexibility index (Phi) is 5.41. The average molecular weight is 260 g/mol. The summed E-state index contributed by atoms with van der Waals surface area (Å²) in [6.45, 7) is 5.23. The molecule has 0 saturated heterocycles. The van der Waals surface area contributed by atoms with Crippen molar-refractivity contribution in [3.63, 3.8) is 0 Å². The van der Waals surface area contributed by atoms with Crippen LogP contribution in [0.4, 0.5) is 0 Å². The highest BCUT2D eigenvalue weighted by Gasteiger charge is 2.10. The topological polar surface area (TPSA) is 29.3 Å². The first-order valence-corrected chi connectivity index (χ1v) is 7.68. The van der Waals surface area contributed by atoms with Gasteiger partial charge in [-0.2, -0.15) is 0 Å². The van der Waals surface area contributed by atoms with Gasteiger partial charge in [0.1, 0.15) is 0 Å². The number of rotatable bonds is 6. The van der Waals surface area contributed by atoms with Gasteiger partial charge in [-0.1, -0.05) is 25.1 Å². The summed E-state index contributed by atoms with van der Waals surface area (Å²) in [7, 11) is 2.20. The summed E-state index contributed by atoms with van der Waals surface area (Å²) in [5.74, 6) is 0.591. The van der Waals surface area contributed by atoms with Crippen molar-refractivity contribution in [2.24, 2.45) is 11.7 Å². The van der Waals surface area contributed by atoms with Gasteiger partial charge in [0.2, 0.25) is 0 Å². The third-order valence-electron chi connectivity index (χ3n) is 4.22. The van der Waals surface area contributed by atoms with E-state index in [0.717, 1.165) is 26.1 Å².